The Morgan fingerprint density at radius 2 is 2.29 bits per heavy atom. The predicted molar refractivity (Wildman–Crippen MR) is 64.3 cm³/mol. The van der Waals surface area contributed by atoms with Crippen LogP contribution in [-0.4, -0.2) is 26.9 Å². The van der Waals surface area contributed by atoms with Gasteiger partial charge in [-0.25, -0.2) is 4.39 Å². The number of hydrogen-bond donors (Lipinski definition) is 1. The van der Waals surface area contributed by atoms with E-state index in [4.69, 9.17) is 15.9 Å². The van der Waals surface area contributed by atoms with E-state index in [0.29, 0.717) is 13.2 Å². The highest BCUT2D eigenvalue weighted by molar-refractivity contribution is 5.29. The van der Waals surface area contributed by atoms with Crippen molar-refractivity contribution in [3.63, 3.8) is 0 Å². The molecule has 0 saturated heterocycles. The minimum absolute atomic E-state index is 0.0718. The van der Waals surface area contributed by atoms with Crippen LogP contribution in [0.15, 0.2) is 18.2 Å². The third kappa shape index (κ3) is 4.85. The summed E-state index contributed by atoms with van der Waals surface area (Å²) < 4.78 is 23.4. The lowest BCUT2D eigenvalue weighted by molar-refractivity contribution is 0.199. The van der Waals surface area contributed by atoms with Gasteiger partial charge in [-0.3, -0.25) is 0 Å². The first-order valence-corrected chi connectivity index (χ1v) is 5.32. The van der Waals surface area contributed by atoms with Crippen LogP contribution in [0.5, 0.6) is 5.75 Å². The van der Waals surface area contributed by atoms with Crippen LogP contribution < -0.4 is 10.1 Å². The van der Waals surface area contributed by atoms with Gasteiger partial charge in [-0.2, -0.15) is 0 Å². The lowest BCUT2D eigenvalue weighted by Gasteiger charge is -2.07. The topological polar surface area (TPSA) is 30.5 Å². The van der Waals surface area contributed by atoms with Crippen LogP contribution in [0.2, 0.25) is 0 Å². The van der Waals surface area contributed by atoms with Gasteiger partial charge >= 0.3 is 0 Å². The molecule has 0 aromatic heterocycles. The second-order valence-corrected chi connectivity index (χ2v) is 3.43. The second-order valence-electron chi connectivity index (χ2n) is 3.43. The summed E-state index contributed by atoms with van der Waals surface area (Å²) in [6, 6.07) is 4.82. The molecule has 1 aromatic rings. The third-order valence-electron chi connectivity index (χ3n) is 2.12. The number of halogens is 1. The molecule has 0 fully saturated rings. The molecule has 4 heteroatoms. The van der Waals surface area contributed by atoms with E-state index in [2.05, 4.69) is 11.2 Å². The fraction of sp³-hybridized carbons (Fsp3) is 0.385. The maximum Gasteiger partial charge on any atom is 0.165 e. The molecule has 0 aliphatic rings. The molecular weight excluding hydrogens is 221 g/mol. The molecule has 1 aromatic carbocycles. The second kappa shape index (κ2) is 7.66. The molecule has 92 valence electrons. The van der Waals surface area contributed by atoms with Crippen LogP contribution in [0.25, 0.3) is 0 Å². The first kappa shape index (κ1) is 13.5. The Kier molecular flexibility index (Phi) is 6.08. The maximum atomic E-state index is 13.5. The van der Waals surface area contributed by atoms with Crippen molar-refractivity contribution in [1.82, 2.24) is 5.32 Å². The summed E-state index contributed by atoms with van der Waals surface area (Å²) in [5.74, 6) is 2.08. The quantitative estimate of drug-likeness (QED) is 0.577. The first-order valence-electron chi connectivity index (χ1n) is 5.32. The lowest BCUT2D eigenvalue weighted by Crippen LogP contribution is -2.18. The van der Waals surface area contributed by atoms with Crippen molar-refractivity contribution in [3.8, 4) is 18.1 Å². The zero-order valence-electron chi connectivity index (χ0n) is 9.83. The fourth-order valence-electron chi connectivity index (χ4n) is 1.30. The van der Waals surface area contributed by atoms with Gasteiger partial charge in [0.05, 0.1) is 6.61 Å². The summed E-state index contributed by atoms with van der Waals surface area (Å²) in [7, 11) is 1.64. The molecule has 1 rings (SSSR count). The average molecular weight is 237 g/mol. The Balaban J connectivity index is 2.47. The molecule has 3 nitrogen and oxygen atoms in total. The maximum absolute atomic E-state index is 13.5. The van der Waals surface area contributed by atoms with Crippen molar-refractivity contribution in [3.05, 3.63) is 29.6 Å². The van der Waals surface area contributed by atoms with Crippen molar-refractivity contribution in [2.24, 2.45) is 0 Å². The number of nitrogens with one attached hydrogen (secondary N) is 1. The summed E-state index contributed by atoms with van der Waals surface area (Å²) >= 11 is 0. The summed E-state index contributed by atoms with van der Waals surface area (Å²) in [6.07, 6.45) is 5.03. The normalized spacial score (nSPS) is 9.94. The Morgan fingerprint density at radius 1 is 1.47 bits per heavy atom. The molecular formula is C13H16FNO2. The first-order chi connectivity index (χ1) is 8.27. The fourth-order valence-corrected chi connectivity index (χ4v) is 1.30. The Labute approximate surface area is 101 Å². The van der Waals surface area contributed by atoms with Crippen molar-refractivity contribution in [1.29, 1.82) is 0 Å². The molecule has 0 heterocycles. The van der Waals surface area contributed by atoms with Crippen LogP contribution in [0.3, 0.4) is 0 Å². The Hall–Kier alpha value is -1.57. The zero-order chi connectivity index (χ0) is 12.5. The summed E-state index contributed by atoms with van der Waals surface area (Å²) in [4.78, 5) is 0. The van der Waals surface area contributed by atoms with E-state index in [-0.39, 0.29) is 12.4 Å². The highest BCUT2D eigenvalue weighted by Gasteiger charge is 2.03. The van der Waals surface area contributed by atoms with E-state index < -0.39 is 5.82 Å². The molecule has 0 amide bonds. The molecule has 0 spiro atoms. The van der Waals surface area contributed by atoms with Gasteiger partial charge in [0.25, 0.3) is 0 Å². The minimum Gasteiger partial charge on any atom is -0.478 e. The number of ether oxygens (including phenoxy) is 2. The molecule has 0 radical (unpaired) electrons. The van der Waals surface area contributed by atoms with Gasteiger partial charge in [-0.05, 0) is 17.7 Å². The van der Waals surface area contributed by atoms with E-state index in [1.54, 1.807) is 19.2 Å². The van der Waals surface area contributed by atoms with Crippen molar-refractivity contribution < 1.29 is 13.9 Å². The number of benzene rings is 1. The molecule has 1 N–H and O–H groups in total. The highest BCUT2D eigenvalue weighted by atomic mass is 19.1. The Morgan fingerprint density at radius 3 is 2.94 bits per heavy atom. The van der Waals surface area contributed by atoms with E-state index in [1.165, 1.54) is 6.07 Å². The van der Waals surface area contributed by atoms with Gasteiger partial charge in [0.1, 0.15) is 6.61 Å². The molecule has 0 aliphatic heterocycles. The smallest absolute Gasteiger partial charge is 0.165 e. The number of terminal acetylenes is 1. The van der Waals surface area contributed by atoms with Gasteiger partial charge in [0, 0.05) is 20.2 Å². The Bertz CT molecular complexity index is 387. The molecule has 17 heavy (non-hydrogen) atoms. The lowest BCUT2D eigenvalue weighted by atomic mass is 10.2. The molecule has 0 saturated carbocycles. The van der Waals surface area contributed by atoms with E-state index in [9.17, 15) is 4.39 Å². The van der Waals surface area contributed by atoms with Gasteiger partial charge in [0.2, 0.25) is 0 Å². The van der Waals surface area contributed by atoms with Crippen molar-refractivity contribution >= 4 is 0 Å². The van der Waals surface area contributed by atoms with Crippen LogP contribution in [0, 0.1) is 18.2 Å². The molecule has 0 atom stereocenters. The van der Waals surface area contributed by atoms with Crippen LogP contribution in [-0.2, 0) is 11.3 Å². The van der Waals surface area contributed by atoms with E-state index in [0.717, 1.165) is 12.1 Å². The van der Waals surface area contributed by atoms with Gasteiger partial charge < -0.3 is 14.8 Å². The summed E-state index contributed by atoms with van der Waals surface area (Å²) in [5.41, 5.74) is 0.853. The summed E-state index contributed by atoms with van der Waals surface area (Å²) in [5, 5.41) is 3.13. The largest absolute Gasteiger partial charge is 0.478 e. The van der Waals surface area contributed by atoms with E-state index >= 15 is 0 Å². The van der Waals surface area contributed by atoms with Gasteiger partial charge in [-0.15, -0.1) is 6.42 Å². The molecule has 0 bridgehead atoms. The van der Waals surface area contributed by atoms with Crippen molar-refractivity contribution in [2.45, 2.75) is 6.54 Å². The standard InChI is InChI=1S/C13H16FNO2/c1-3-7-17-13-5-4-11(9-12(13)14)10-15-6-8-16-2/h1,4-5,9,15H,6-8,10H2,2H3. The van der Waals surface area contributed by atoms with Crippen LogP contribution in [0.1, 0.15) is 5.56 Å². The monoisotopic (exact) mass is 237 g/mol. The predicted octanol–water partition coefficient (Wildman–Crippen LogP) is 1.57. The molecule has 0 aliphatic carbocycles. The van der Waals surface area contributed by atoms with Gasteiger partial charge in [-0.1, -0.05) is 12.0 Å². The molecule has 0 unspecified atom stereocenters. The van der Waals surface area contributed by atoms with Crippen LogP contribution >= 0.6 is 0 Å². The zero-order valence-corrected chi connectivity index (χ0v) is 9.83. The third-order valence-corrected chi connectivity index (χ3v) is 2.12. The number of methoxy groups -OCH3 is 1. The van der Waals surface area contributed by atoms with Gasteiger partial charge in [0.15, 0.2) is 11.6 Å². The highest BCUT2D eigenvalue weighted by Crippen LogP contribution is 2.18. The SMILES string of the molecule is C#CCOc1ccc(CNCCOC)cc1F. The average Bonchev–Trinajstić information content (AvgIpc) is 2.34. The van der Waals surface area contributed by atoms with Crippen molar-refractivity contribution in [2.75, 3.05) is 26.9 Å². The summed E-state index contributed by atoms with van der Waals surface area (Å²) in [6.45, 7) is 2.03. The number of rotatable bonds is 7. The van der Waals surface area contributed by atoms with E-state index in [1.807, 2.05) is 0 Å². The number of hydrogen-bond acceptors (Lipinski definition) is 3. The minimum atomic E-state index is -0.397. The van der Waals surface area contributed by atoms with Crippen LogP contribution in [0.4, 0.5) is 4.39 Å².